The standard InChI is InChI=1S/C22H35NO3S/c1-15(17-10-11-18-19(25)8-6-12-21(17,18)3)7-5-9-20(26-16(2)24)22(4)23-13-14-27-22/h13-15,17-18,20,23H,5-12H2,1-4H3. The highest BCUT2D eigenvalue weighted by Gasteiger charge is 2.52. The van der Waals surface area contributed by atoms with E-state index >= 15 is 0 Å². The van der Waals surface area contributed by atoms with Crippen LogP contribution in [0.3, 0.4) is 0 Å². The fraction of sp³-hybridized carbons (Fsp3) is 0.818. The molecule has 2 fully saturated rings. The third-order valence-electron chi connectivity index (χ3n) is 7.42. The summed E-state index contributed by atoms with van der Waals surface area (Å²) in [5.41, 5.74) is 0.211. The van der Waals surface area contributed by atoms with Crippen molar-refractivity contribution in [2.45, 2.75) is 90.0 Å². The number of fused-ring (bicyclic) bond motifs is 1. The fourth-order valence-electron chi connectivity index (χ4n) is 5.96. The van der Waals surface area contributed by atoms with E-state index in [2.05, 4.69) is 26.1 Å². The van der Waals surface area contributed by atoms with E-state index in [0.717, 1.165) is 38.5 Å². The molecule has 3 aliphatic rings. The van der Waals surface area contributed by atoms with Gasteiger partial charge in [-0.2, -0.15) is 0 Å². The molecule has 4 nitrogen and oxygen atoms in total. The number of hydrogen-bond donors (Lipinski definition) is 1. The molecular formula is C22H35NO3S. The van der Waals surface area contributed by atoms with Crippen molar-refractivity contribution < 1.29 is 14.3 Å². The Balaban J connectivity index is 1.56. The molecular weight excluding hydrogens is 358 g/mol. The number of ketones is 1. The van der Waals surface area contributed by atoms with E-state index < -0.39 is 0 Å². The van der Waals surface area contributed by atoms with Crippen LogP contribution in [0.25, 0.3) is 0 Å². The van der Waals surface area contributed by atoms with Crippen LogP contribution in [0.1, 0.15) is 79.1 Å². The summed E-state index contributed by atoms with van der Waals surface area (Å²) >= 11 is 1.69. The van der Waals surface area contributed by atoms with E-state index in [1.54, 1.807) is 11.8 Å². The Kier molecular flexibility index (Phi) is 6.29. The monoisotopic (exact) mass is 393 g/mol. The molecule has 1 aliphatic heterocycles. The Morgan fingerprint density at radius 2 is 2.15 bits per heavy atom. The predicted molar refractivity (Wildman–Crippen MR) is 110 cm³/mol. The number of rotatable bonds is 7. The molecule has 1 heterocycles. The van der Waals surface area contributed by atoms with Crippen LogP contribution < -0.4 is 5.32 Å². The molecule has 3 rings (SSSR count). The summed E-state index contributed by atoms with van der Waals surface area (Å²) < 4.78 is 5.66. The van der Waals surface area contributed by atoms with Crippen molar-refractivity contribution in [3.63, 3.8) is 0 Å². The Morgan fingerprint density at radius 1 is 1.37 bits per heavy atom. The number of Topliss-reactive ketones (excluding diaryl/α,β-unsaturated/α-hetero) is 1. The average molecular weight is 394 g/mol. The van der Waals surface area contributed by atoms with Gasteiger partial charge in [0.1, 0.15) is 16.8 Å². The van der Waals surface area contributed by atoms with Crippen molar-refractivity contribution in [2.75, 3.05) is 0 Å². The van der Waals surface area contributed by atoms with Gasteiger partial charge in [-0.1, -0.05) is 20.3 Å². The summed E-state index contributed by atoms with van der Waals surface area (Å²) in [6.07, 6.45) is 10.2. The Morgan fingerprint density at radius 3 is 2.81 bits per heavy atom. The summed E-state index contributed by atoms with van der Waals surface area (Å²) in [6, 6.07) is 0. The maximum absolute atomic E-state index is 12.4. The van der Waals surface area contributed by atoms with Gasteiger partial charge in [-0.05, 0) is 68.1 Å². The van der Waals surface area contributed by atoms with Gasteiger partial charge in [0.05, 0.1) is 0 Å². The number of carbonyl (C=O) groups excluding carboxylic acids is 2. The molecule has 0 bridgehead atoms. The van der Waals surface area contributed by atoms with Crippen LogP contribution in [0.2, 0.25) is 0 Å². The van der Waals surface area contributed by atoms with E-state index in [-0.39, 0.29) is 22.4 Å². The molecule has 1 N–H and O–H groups in total. The molecule has 152 valence electrons. The second kappa shape index (κ2) is 8.18. The third kappa shape index (κ3) is 4.23. The molecule has 0 spiro atoms. The molecule has 0 saturated heterocycles. The van der Waals surface area contributed by atoms with Gasteiger partial charge in [-0.3, -0.25) is 9.59 Å². The van der Waals surface area contributed by atoms with E-state index in [4.69, 9.17) is 4.74 Å². The zero-order valence-corrected chi connectivity index (χ0v) is 18.1. The Hall–Kier alpha value is -0.970. The smallest absolute Gasteiger partial charge is 0.303 e. The molecule has 27 heavy (non-hydrogen) atoms. The molecule has 0 aromatic rings. The molecule has 0 aromatic carbocycles. The largest absolute Gasteiger partial charge is 0.459 e. The molecule has 2 aliphatic carbocycles. The maximum atomic E-state index is 12.4. The van der Waals surface area contributed by atoms with Gasteiger partial charge < -0.3 is 10.1 Å². The van der Waals surface area contributed by atoms with Crippen LogP contribution in [-0.4, -0.2) is 22.7 Å². The van der Waals surface area contributed by atoms with Gasteiger partial charge >= 0.3 is 5.97 Å². The van der Waals surface area contributed by atoms with Crippen molar-refractivity contribution in [2.24, 2.45) is 23.2 Å². The van der Waals surface area contributed by atoms with Crippen LogP contribution >= 0.6 is 11.8 Å². The Labute approximate surface area is 168 Å². The fourth-order valence-corrected chi connectivity index (χ4v) is 6.83. The molecule has 0 aromatic heterocycles. The van der Waals surface area contributed by atoms with Crippen molar-refractivity contribution >= 4 is 23.5 Å². The van der Waals surface area contributed by atoms with Crippen LogP contribution in [0.5, 0.6) is 0 Å². The first-order chi connectivity index (χ1) is 12.8. The highest BCUT2D eigenvalue weighted by molar-refractivity contribution is 8.03. The molecule has 6 atom stereocenters. The lowest BCUT2D eigenvalue weighted by molar-refractivity contribution is -0.148. The normalized spacial score (nSPS) is 37.6. The Bertz CT molecular complexity index is 596. The molecule has 6 unspecified atom stereocenters. The quantitative estimate of drug-likeness (QED) is 0.615. The lowest BCUT2D eigenvalue weighted by atomic mass is 9.62. The van der Waals surface area contributed by atoms with Gasteiger partial charge in [0.25, 0.3) is 0 Å². The predicted octanol–water partition coefficient (Wildman–Crippen LogP) is 5.03. The highest BCUT2D eigenvalue weighted by atomic mass is 32.2. The molecule has 5 heteroatoms. The minimum absolute atomic E-state index is 0.134. The lowest BCUT2D eigenvalue weighted by Gasteiger charge is -2.42. The first kappa shape index (κ1) is 20.8. The van der Waals surface area contributed by atoms with Gasteiger partial charge in [-0.25, -0.2) is 0 Å². The van der Waals surface area contributed by atoms with E-state index in [1.165, 1.54) is 19.8 Å². The number of nitrogens with one attached hydrogen (secondary N) is 1. The van der Waals surface area contributed by atoms with Crippen LogP contribution in [0.4, 0.5) is 0 Å². The summed E-state index contributed by atoms with van der Waals surface area (Å²) in [5, 5.41) is 5.37. The van der Waals surface area contributed by atoms with Gasteiger partial charge in [0, 0.05) is 25.5 Å². The van der Waals surface area contributed by atoms with Crippen LogP contribution in [-0.2, 0) is 14.3 Å². The second-order valence-corrected chi connectivity index (χ2v) is 10.6. The number of thioether (sulfide) groups is 1. The van der Waals surface area contributed by atoms with Crippen LogP contribution in [0.15, 0.2) is 11.6 Å². The van der Waals surface area contributed by atoms with Crippen molar-refractivity contribution in [3.05, 3.63) is 11.6 Å². The zero-order valence-electron chi connectivity index (χ0n) is 17.3. The SMILES string of the molecule is CC(=O)OC(CCCC(C)C1CCC2C(=O)CCCC21C)C1(C)NC=CS1. The minimum Gasteiger partial charge on any atom is -0.459 e. The third-order valence-corrected chi connectivity index (χ3v) is 8.57. The number of hydrogen-bond acceptors (Lipinski definition) is 5. The molecule has 0 radical (unpaired) electrons. The first-order valence-electron chi connectivity index (χ1n) is 10.6. The summed E-state index contributed by atoms with van der Waals surface area (Å²) in [6.45, 7) is 8.33. The van der Waals surface area contributed by atoms with E-state index in [9.17, 15) is 9.59 Å². The van der Waals surface area contributed by atoms with Gasteiger partial charge in [-0.15, -0.1) is 11.8 Å². The maximum Gasteiger partial charge on any atom is 0.303 e. The molecule has 0 amide bonds. The van der Waals surface area contributed by atoms with Gasteiger partial charge in [0.2, 0.25) is 0 Å². The lowest BCUT2D eigenvalue weighted by Crippen LogP contribution is -2.46. The van der Waals surface area contributed by atoms with Gasteiger partial charge in [0.15, 0.2) is 0 Å². The number of carbonyl (C=O) groups is 2. The first-order valence-corrected chi connectivity index (χ1v) is 11.4. The number of ether oxygens (including phenoxy) is 1. The van der Waals surface area contributed by atoms with Crippen LogP contribution in [0, 0.1) is 23.2 Å². The zero-order chi connectivity index (χ0) is 19.7. The van der Waals surface area contributed by atoms with Crippen molar-refractivity contribution in [1.82, 2.24) is 5.32 Å². The molecule has 2 saturated carbocycles. The van der Waals surface area contributed by atoms with E-state index in [0.29, 0.717) is 23.5 Å². The average Bonchev–Trinajstić information content (AvgIpc) is 3.18. The highest BCUT2D eigenvalue weighted by Crippen LogP contribution is 2.57. The number of esters is 1. The summed E-state index contributed by atoms with van der Waals surface area (Å²) in [7, 11) is 0. The summed E-state index contributed by atoms with van der Waals surface area (Å²) in [5.74, 6) is 1.86. The van der Waals surface area contributed by atoms with Crippen molar-refractivity contribution in [3.8, 4) is 0 Å². The van der Waals surface area contributed by atoms with Crippen molar-refractivity contribution in [1.29, 1.82) is 0 Å². The summed E-state index contributed by atoms with van der Waals surface area (Å²) in [4.78, 5) is 23.7. The minimum atomic E-state index is -0.269. The van der Waals surface area contributed by atoms with E-state index in [1.807, 2.05) is 11.6 Å². The topological polar surface area (TPSA) is 55.4 Å². The second-order valence-electron chi connectivity index (χ2n) is 9.24.